The molecule has 106 valence electrons. The van der Waals surface area contributed by atoms with Crippen LogP contribution in [0.2, 0.25) is 0 Å². The Labute approximate surface area is 115 Å². The summed E-state index contributed by atoms with van der Waals surface area (Å²) in [5.74, 6) is 0. The minimum Gasteiger partial charge on any atom is -0.380 e. The quantitative estimate of drug-likeness (QED) is 0.905. The van der Waals surface area contributed by atoms with Crippen LogP contribution >= 0.6 is 0 Å². The third kappa shape index (κ3) is 3.50. The van der Waals surface area contributed by atoms with E-state index >= 15 is 0 Å². The summed E-state index contributed by atoms with van der Waals surface area (Å²) in [5.41, 5.74) is 2.85. The number of nitrogens with zero attached hydrogens (tertiary/aromatic N) is 1. The molecule has 1 N–H and O–H groups in total. The molecular weight excluding hydrogens is 265 g/mol. The van der Waals surface area contributed by atoms with Gasteiger partial charge in [0.2, 0.25) is 0 Å². The van der Waals surface area contributed by atoms with Crippen LogP contribution in [0.15, 0.2) is 36.4 Å². The van der Waals surface area contributed by atoms with Crippen molar-refractivity contribution in [3.8, 4) is 0 Å². The number of rotatable bonds is 3. The Balaban J connectivity index is 2.04. The molecule has 0 atom stereocenters. The monoisotopic (exact) mass is 280 g/mol. The second kappa shape index (κ2) is 5.53. The predicted octanol–water partition coefficient (Wildman–Crippen LogP) is 4.33. The summed E-state index contributed by atoms with van der Waals surface area (Å²) in [6.45, 7) is 4.26. The molecule has 0 radical (unpaired) electrons. The lowest BCUT2D eigenvalue weighted by molar-refractivity contribution is -0.137. The zero-order chi connectivity index (χ0) is 14.8. The molecule has 20 heavy (non-hydrogen) atoms. The van der Waals surface area contributed by atoms with Crippen LogP contribution in [0.3, 0.4) is 0 Å². The number of anilines is 1. The number of hydrogen-bond acceptors (Lipinski definition) is 2. The highest BCUT2D eigenvalue weighted by molar-refractivity contribution is 5.48. The zero-order valence-electron chi connectivity index (χ0n) is 11.3. The Bertz CT molecular complexity index is 589. The first-order valence-electron chi connectivity index (χ1n) is 6.20. The zero-order valence-corrected chi connectivity index (χ0v) is 11.3. The maximum absolute atomic E-state index is 12.4. The first-order chi connectivity index (χ1) is 9.36. The summed E-state index contributed by atoms with van der Waals surface area (Å²) >= 11 is 0. The molecule has 2 rings (SSSR count). The van der Waals surface area contributed by atoms with Crippen LogP contribution in [0, 0.1) is 13.8 Å². The van der Waals surface area contributed by atoms with Gasteiger partial charge in [0.25, 0.3) is 0 Å². The molecule has 2 aromatic rings. The van der Waals surface area contributed by atoms with Crippen molar-refractivity contribution >= 4 is 5.69 Å². The van der Waals surface area contributed by atoms with E-state index in [0.29, 0.717) is 6.54 Å². The van der Waals surface area contributed by atoms with Crippen LogP contribution in [0.4, 0.5) is 18.9 Å². The van der Waals surface area contributed by atoms with Gasteiger partial charge in [-0.1, -0.05) is 12.1 Å². The summed E-state index contributed by atoms with van der Waals surface area (Å²) in [5, 5.41) is 3.17. The molecule has 0 saturated heterocycles. The third-order valence-electron chi connectivity index (χ3n) is 2.99. The fourth-order valence-corrected chi connectivity index (χ4v) is 1.88. The van der Waals surface area contributed by atoms with E-state index in [1.807, 2.05) is 26.0 Å². The van der Waals surface area contributed by atoms with Crippen molar-refractivity contribution in [1.82, 2.24) is 4.98 Å². The summed E-state index contributed by atoms with van der Waals surface area (Å²) in [4.78, 5) is 4.32. The van der Waals surface area contributed by atoms with Crippen LogP contribution in [-0.4, -0.2) is 4.98 Å². The topological polar surface area (TPSA) is 24.9 Å². The van der Waals surface area contributed by atoms with E-state index in [4.69, 9.17) is 0 Å². The molecule has 1 aromatic heterocycles. The largest absolute Gasteiger partial charge is 0.416 e. The highest BCUT2D eigenvalue weighted by atomic mass is 19.4. The van der Waals surface area contributed by atoms with Crippen molar-refractivity contribution in [2.45, 2.75) is 26.6 Å². The molecule has 0 fully saturated rings. The molecule has 0 aliphatic heterocycles. The predicted molar refractivity (Wildman–Crippen MR) is 72.5 cm³/mol. The van der Waals surface area contributed by atoms with Crippen molar-refractivity contribution in [2.75, 3.05) is 5.32 Å². The normalized spacial score (nSPS) is 11.4. The van der Waals surface area contributed by atoms with Gasteiger partial charge in [-0.15, -0.1) is 0 Å². The first kappa shape index (κ1) is 14.4. The van der Waals surface area contributed by atoms with E-state index < -0.39 is 11.7 Å². The van der Waals surface area contributed by atoms with E-state index in [2.05, 4.69) is 10.3 Å². The Morgan fingerprint density at radius 2 is 1.65 bits per heavy atom. The van der Waals surface area contributed by atoms with E-state index in [1.54, 1.807) is 0 Å². The minimum atomic E-state index is -4.29. The second-order valence-electron chi connectivity index (χ2n) is 4.63. The highest BCUT2D eigenvalue weighted by Crippen LogP contribution is 2.29. The fourth-order valence-electron chi connectivity index (χ4n) is 1.88. The number of aryl methyl sites for hydroxylation is 2. The molecule has 2 nitrogen and oxygen atoms in total. The van der Waals surface area contributed by atoms with Crippen LogP contribution in [0.5, 0.6) is 0 Å². The number of pyridine rings is 1. The van der Waals surface area contributed by atoms with E-state index in [9.17, 15) is 13.2 Å². The summed E-state index contributed by atoms with van der Waals surface area (Å²) < 4.78 is 37.3. The second-order valence-corrected chi connectivity index (χ2v) is 4.63. The number of hydrogen-bond donors (Lipinski definition) is 1. The summed E-state index contributed by atoms with van der Waals surface area (Å²) in [7, 11) is 0. The molecule has 0 saturated carbocycles. The average Bonchev–Trinajstić information content (AvgIpc) is 2.37. The number of nitrogens with one attached hydrogen (secondary N) is 1. The van der Waals surface area contributed by atoms with Gasteiger partial charge in [0.05, 0.1) is 16.9 Å². The fraction of sp³-hybridized carbons (Fsp3) is 0.267. The molecule has 0 aliphatic rings. The van der Waals surface area contributed by atoms with Gasteiger partial charge in [-0.25, -0.2) is 0 Å². The maximum Gasteiger partial charge on any atom is 0.416 e. The van der Waals surface area contributed by atoms with Crippen LogP contribution in [0.1, 0.15) is 22.5 Å². The molecule has 0 spiro atoms. The van der Waals surface area contributed by atoms with Gasteiger partial charge < -0.3 is 5.32 Å². The lowest BCUT2D eigenvalue weighted by atomic mass is 10.1. The van der Waals surface area contributed by atoms with Crippen molar-refractivity contribution in [1.29, 1.82) is 0 Å². The first-order valence-corrected chi connectivity index (χ1v) is 6.20. The number of alkyl halides is 3. The highest BCUT2D eigenvalue weighted by Gasteiger charge is 2.29. The van der Waals surface area contributed by atoms with Crippen LogP contribution in [-0.2, 0) is 12.7 Å². The molecule has 0 aliphatic carbocycles. The molecule has 5 heteroatoms. The standard InChI is InChI=1S/C15H15F3N2/c1-10-3-8-14(11(2)20-10)19-9-12-4-6-13(7-5-12)15(16,17)18/h3-8,19H,9H2,1-2H3. The Morgan fingerprint density at radius 3 is 2.20 bits per heavy atom. The Kier molecular flexibility index (Phi) is 3.97. The molecule has 1 aromatic carbocycles. The van der Waals surface area contributed by atoms with Gasteiger partial charge in [0, 0.05) is 12.2 Å². The van der Waals surface area contributed by atoms with Gasteiger partial charge in [0.15, 0.2) is 0 Å². The lowest BCUT2D eigenvalue weighted by Crippen LogP contribution is -2.06. The van der Waals surface area contributed by atoms with E-state index in [0.717, 1.165) is 34.8 Å². The Morgan fingerprint density at radius 1 is 1.00 bits per heavy atom. The maximum atomic E-state index is 12.4. The average molecular weight is 280 g/mol. The Hall–Kier alpha value is -2.04. The molecule has 1 heterocycles. The number of benzene rings is 1. The molecular formula is C15H15F3N2. The molecule has 0 amide bonds. The van der Waals surface area contributed by atoms with Crippen molar-refractivity contribution in [3.63, 3.8) is 0 Å². The molecule has 0 bridgehead atoms. The van der Waals surface area contributed by atoms with Crippen LogP contribution in [0.25, 0.3) is 0 Å². The summed E-state index contributed by atoms with van der Waals surface area (Å²) in [6.07, 6.45) is -4.29. The summed E-state index contributed by atoms with van der Waals surface area (Å²) in [6, 6.07) is 8.96. The lowest BCUT2D eigenvalue weighted by Gasteiger charge is -2.11. The van der Waals surface area contributed by atoms with Gasteiger partial charge in [0.1, 0.15) is 0 Å². The van der Waals surface area contributed by atoms with Crippen molar-refractivity contribution in [2.24, 2.45) is 0 Å². The van der Waals surface area contributed by atoms with Crippen LogP contribution < -0.4 is 5.32 Å². The smallest absolute Gasteiger partial charge is 0.380 e. The SMILES string of the molecule is Cc1ccc(NCc2ccc(C(F)(F)F)cc2)c(C)n1. The van der Waals surface area contributed by atoms with E-state index in [-0.39, 0.29) is 0 Å². The van der Waals surface area contributed by atoms with E-state index in [1.165, 1.54) is 12.1 Å². The van der Waals surface area contributed by atoms with Gasteiger partial charge in [-0.2, -0.15) is 13.2 Å². The molecule has 0 unspecified atom stereocenters. The third-order valence-corrected chi connectivity index (χ3v) is 2.99. The van der Waals surface area contributed by atoms with Gasteiger partial charge in [-0.05, 0) is 43.7 Å². The number of aromatic nitrogens is 1. The van der Waals surface area contributed by atoms with Crippen molar-refractivity contribution < 1.29 is 13.2 Å². The number of halogens is 3. The van der Waals surface area contributed by atoms with Crippen molar-refractivity contribution in [3.05, 3.63) is 58.9 Å². The van der Waals surface area contributed by atoms with Gasteiger partial charge >= 0.3 is 6.18 Å². The van der Waals surface area contributed by atoms with Gasteiger partial charge in [-0.3, -0.25) is 4.98 Å². The minimum absolute atomic E-state index is 0.462.